The second-order valence-corrected chi connectivity index (χ2v) is 8.87. The molecular weight excluding hydrogens is 352 g/mol. The minimum Gasteiger partial charge on any atom is -0.352 e. The van der Waals surface area contributed by atoms with Crippen LogP contribution >= 0.6 is 0 Å². The zero-order valence-corrected chi connectivity index (χ0v) is 18.7. The van der Waals surface area contributed by atoms with Crippen molar-refractivity contribution < 1.29 is 9.59 Å². The summed E-state index contributed by atoms with van der Waals surface area (Å²) in [6.07, 6.45) is 1.77. The molecule has 28 heavy (non-hydrogen) atoms. The van der Waals surface area contributed by atoms with Crippen molar-refractivity contribution in [3.8, 4) is 0 Å². The van der Waals surface area contributed by atoms with E-state index in [1.54, 1.807) is 6.07 Å². The number of carbonyl (C=O) groups excluding carboxylic acids is 2. The Morgan fingerprint density at radius 2 is 1.18 bits per heavy atom. The molecule has 1 rings (SSSR count). The maximum atomic E-state index is 12.6. The lowest BCUT2D eigenvalue weighted by Crippen LogP contribution is -2.30. The first-order valence-electron chi connectivity index (χ1n) is 10.0. The number of carbonyl (C=O) groups is 2. The van der Waals surface area contributed by atoms with E-state index in [9.17, 15) is 9.59 Å². The molecule has 2 amide bonds. The van der Waals surface area contributed by atoms with Crippen LogP contribution in [0.1, 0.15) is 59.9 Å². The maximum absolute atomic E-state index is 12.6. The fraction of sp³-hybridized carbons (Fsp3) is 0.636. The Morgan fingerprint density at radius 3 is 1.50 bits per heavy atom. The van der Waals surface area contributed by atoms with E-state index in [0.717, 1.165) is 31.5 Å². The predicted molar refractivity (Wildman–Crippen MR) is 116 cm³/mol. The molecule has 0 spiro atoms. The molecule has 2 N–H and O–H groups in total. The monoisotopic (exact) mass is 390 g/mol. The Labute approximate surface area is 170 Å². The highest BCUT2D eigenvalue weighted by Gasteiger charge is 2.19. The summed E-state index contributed by atoms with van der Waals surface area (Å²) in [4.78, 5) is 29.4. The van der Waals surface area contributed by atoms with Gasteiger partial charge in [0.15, 0.2) is 0 Å². The largest absolute Gasteiger partial charge is 0.352 e. The van der Waals surface area contributed by atoms with Gasteiger partial charge < -0.3 is 20.4 Å². The van der Waals surface area contributed by atoms with Gasteiger partial charge in [-0.1, -0.05) is 20.8 Å². The van der Waals surface area contributed by atoms with E-state index < -0.39 is 0 Å². The highest BCUT2D eigenvalue weighted by Crippen LogP contribution is 2.25. The fourth-order valence-corrected chi connectivity index (χ4v) is 2.72. The van der Waals surface area contributed by atoms with Crippen LogP contribution in [0.4, 0.5) is 0 Å². The Hall–Kier alpha value is -1.92. The predicted octanol–water partition coefficient (Wildman–Crippen LogP) is 2.35. The second kappa shape index (κ2) is 11.2. The molecule has 0 aliphatic carbocycles. The van der Waals surface area contributed by atoms with Crippen molar-refractivity contribution in [2.24, 2.45) is 0 Å². The number of nitrogens with zero attached hydrogens (tertiary/aromatic N) is 2. The standard InChI is InChI=1S/C22H38N4O2/c1-22(2,3)19-15-17(20(27)23-10-8-12-25(4)5)14-18(16-19)21(28)24-11-9-13-26(6)7/h14-16H,8-13H2,1-7H3,(H,23,27)(H,24,28). The molecule has 0 aromatic heterocycles. The molecule has 0 unspecified atom stereocenters. The highest BCUT2D eigenvalue weighted by atomic mass is 16.2. The third-order valence-corrected chi connectivity index (χ3v) is 4.46. The van der Waals surface area contributed by atoms with Crippen molar-refractivity contribution in [1.82, 2.24) is 20.4 Å². The van der Waals surface area contributed by atoms with E-state index in [2.05, 4.69) is 41.2 Å². The summed E-state index contributed by atoms with van der Waals surface area (Å²) < 4.78 is 0. The summed E-state index contributed by atoms with van der Waals surface area (Å²) in [6.45, 7) is 9.32. The van der Waals surface area contributed by atoms with Crippen LogP contribution in [0.15, 0.2) is 18.2 Å². The van der Waals surface area contributed by atoms with Crippen LogP contribution in [-0.2, 0) is 5.41 Å². The van der Waals surface area contributed by atoms with Crippen molar-refractivity contribution in [3.05, 3.63) is 34.9 Å². The molecule has 0 radical (unpaired) electrons. The molecule has 1 aromatic carbocycles. The van der Waals surface area contributed by atoms with Gasteiger partial charge in [-0.15, -0.1) is 0 Å². The first kappa shape index (κ1) is 24.1. The van der Waals surface area contributed by atoms with Gasteiger partial charge in [0.25, 0.3) is 11.8 Å². The van der Waals surface area contributed by atoms with Crippen LogP contribution in [-0.4, -0.2) is 76.0 Å². The molecule has 158 valence electrons. The van der Waals surface area contributed by atoms with Crippen LogP contribution in [0.25, 0.3) is 0 Å². The summed E-state index contributed by atoms with van der Waals surface area (Å²) >= 11 is 0. The summed E-state index contributed by atoms with van der Waals surface area (Å²) in [7, 11) is 8.05. The van der Waals surface area contributed by atoms with E-state index in [4.69, 9.17) is 0 Å². The summed E-state index contributed by atoms with van der Waals surface area (Å²) in [6, 6.07) is 5.48. The van der Waals surface area contributed by atoms with E-state index in [0.29, 0.717) is 24.2 Å². The molecular formula is C22H38N4O2. The number of nitrogens with one attached hydrogen (secondary N) is 2. The molecule has 0 aliphatic rings. The first-order valence-corrected chi connectivity index (χ1v) is 10.0. The number of hydrogen-bond acceptors (Lipinski definition) is 4. The molecule has 0 saturated heterocycles. The SMILES string of the molecule is CN(C)CCCNC(=O)c1cc(C(=O)NCCCN(C)C)cc(C(C)(C)C)c1. The zero-order valence-electron chi connectivity index (χ0n) is 18.7. The number of amides is 2. The van der Waals surface area contributed by atoms with Crippen LogP contribution < -0.4 is 10.6 Å². The topological polar surface area (TPSA) is 64.7 Å². The lowest BCUT2D eigenvalue weighted by atomic mass is 9.85. The molecule has 1 aromatic rings. The van der Waals surface area contributed by atoms with Gasteiger partial charge in [-0.25, -0.2) is 0 Å². The molecule has 0 bridgehead atoms. The number of benzene rings is 1. The minimum absolute atomic E-state index is 0.133. The fourth-order valence-electron chi connectivity index (χ4n) is 2.72. The van der Waals surface area contributed by atoms with Gasteiger partial charge >= 0.3 is 0 Å². The van der Waals surface area contributed by atoms with Gasteiger partial charge in [-0.2, -0.15) is 0 Å². The van der Waals surface area contributed by atoms with Crippen molar-refractivity contribution in [1.29, 1.82) is 0 Å². The third-order valence-electron chi connectivity index (χ3n) is 4.46. The molecule has 0 aliphatic heterocycles. The smallest absolute Gasteiger partial charge is 0.251 e. The van der Waals surface area contributed by atoms with Crippen LogP contribution in [0.5, 0.6) is 0 Å². The van der Waals surface area contributed by atoms with Gasteiger partial charge in [-0.05, 0) is 83.3 Å². The van der Waals surface area contributed by atoms with Crippen LogP contribution in [0.2, 0.25) is 0 Å². The Kier molecular flexibility index (Phi) is 9.62. The normalized spacial score (nSPS) is 11.8. The lowest BCUT2D eigenvalue weighted by Gasteiger charge is -2.21. The van der Waals surface area contributed by atoms with Gasteiger partial charge in [0.2, 0.25) is 0 Å². The third kappa shape index (κ3) is 8.85. The summed E-state index contributed by atoms with van der Waals surface area (Å²) in [5.74, 6) is -0.266. The quantitative estimate of drug-likeness (QED) is 0.602. The van der Waals surface area contributed by atoms with Gasteiger partial charge in [0, 0.05) is 24.2 Å². The van der Waals surface area contributed by atoms with Crippen LogP contribution in [0, 0.1) is 0 Å². The molecule has 6 heteroatoms. The molecule has 6 nitrogen and oxygen atoms in total. The lowest BCUT2D eigenvalue weighted by molar-refractivity contribution is 0.0951. The zero-order chi connectivity index (χ0) is 21.3. The first-order chi connectivity index (χ1) is 13.0. The molecule has 0 saturated carbocycles. The second-order valence-electron chi connectivity index (χ2n) is 8.87. The number of hydrogen-bond donors (Lipinski definition) is 2. The van der Waals surface area contributed by atoms with Gasteiger partial charge in [0.1, 0.15) is 0 Å². The van der Waals surface area contributed by atoms with E-state index >= 15 is 0 Å². The molecule has 0 fully saturated rings. The molecule has 0 heterocycles. The van der Waals surface area contributed by atoms with E-state index in [1.165, 1.54) is 0 Å². The number of rotatable bonds is 10. The van der Waals surface area contributed by atoms with E-state index in [-0.39, 0.29) is 17.2 Å². The Bertz CT molecular complexity index is 602. The Balaban J connectivity index is 2.88. The highest BCUT2D eigenvalue weighted by molar-refractivity contribution is 6.00. The van der Waals surface area contributed by atoms with Gasteiger partial charge in [-0.3, -0.25) is 9.59 Å². The minimum atomic E-state index is -0.152. The van der Waals surface area contributed by atoms with Gasteiger partial charge in [0.05, 0.1) is 0 Å². The summed E-state index contributed by atoms with van der Waals surface area (Å²) in [5, 5.41) is 5.92. The maximum Gasteiger partial charge on any atom is 0.251 e. The Morgan fingerprint density at radius 1 is 0.786 bits per heavy atom. The average molecular weight is 391 g/mol. The average Bonchev–Trinajstić information content (AvgIpc) is 2.60. The van der Waals surface area contributed by atoms with Crippen molar-refractivity contribution in [2.75, 3.05) is 54.4 Å². The van der Waals surface area contributed by atoms with Crippen LogP contribution in [0.3, 0.4) is 0 Å². The van der Waals surface area contributed by atoms with Crippen molar-refractivity contribution in [2.45, 2.75) is 39.0 Å². The van der Waals surface area contributed by atoms with Crippen molar-refractivity contribution >= 4 is 11.8 Å². The summed E-state index contributed by atoms with van der Waals surface area (Å²) in [5.41, 5.74) is 1.90. The molecule has 0 atom stereocenters. The van der Waals surface area contributed by atoms with Crippen molar-refractivity contribution in [3.63, 3.8) is 0 Å². The van der Waals surface area contributed by atoms with E-state index in [1.807, 2.05) is 40.3 Å².